The van der Waals surface area contributed by atoms with Gasteiger partial charge in [-0.2, -0.15) is 0 Å². The van der Waals surface area contributed by atoms with Crippen LogP contribution in [0.4, 0.5) is 5.69 Å². The van der Waals surface area contributed by atoms with Crippen molar-refractivity contribution in [3.63, 3.8) is 0 Å². The molecule has 0 aliphatic rings. The zero-order valence-corrected chi connectivity index (χ0v) is 17.6. The van der Waals surface area contributed by atoms with Gasteiger partial charge in [-0.05, 0) is 53.3 Å². The standard InChI is InChI=1S/C22H23ClN2O3S/c1-2-10-25(24-14-20(26)15-5-3-7-17(23)12-15)18-8-4-6-16(13-18)21-19(22(27)28)9-11-29-21/h3-9,11-13,20,24,26H,2,10,14H2,1H3,(H,27,28)/t20-/m0/s1. The fraction of sp³-hybridized carbons (Fsp3) is 0.227. The number of halogens is 1. The van der Waals surface area contributed by atoms with Crippen molar-refractivity contribution < 1.29 is 15.0 Å². The molecule has 0 fully saturated rings. The average molecular weight is 431 g/mol. The summed E-state index contributed by atoms with van der Waals surface area (Å²) < 4.78 is 0. The van der Waals surface area contributed by atoms with Crippen LogP contribution < -0.4 is 10.4 Å². The van der Waals surface area contributed by atoms with Crippen molar-refractivity contribution in [3.8, 4) is 10.4 Å². The maximum absolute atomic E-state index is 11.5. The minimum Gasteiger partial charge on any atom is -0.478 e. The van der Waals surface area contributed by atoms with Gasteiger partial charge in [0, 0.05) is 23.0 Å². The van der Waals surface area contributed by atoms with Gasteiger partial charge in [0.15, 0.2) is 0 Å². The molecule has 3 rings (SSSR count). The van der Waals surface area contributed by atoms with Gasteiger partial charge in [0.1, 0.15) is 0 Å². The van der Waals surface area contributed by atoms with Crippen LogP contribution in [-0.2, 0) is 0 Å². The molecule has 3 aromatic rings. The number of rotatable bonds is 9. The molecule has 1 heterocycles. The second kappa shape index (κ2) is 9.89. The Bertz CT molecular complexity index is 976. The van der Waals surface area contributed by atoms with E-state index in [1.54, 1.807) is 23.6 Å². The summed E-state index contributed by atoms with van der Waals surface area (Å²) in [5.41, 5.74) is 6.11. The number of carboxylic acid groups (broad SMARTS) is 1. The first-order chi connectivity index (χ1) is 14.0. The van der Waals surface area contributed by atoms with Crippen LogP contribution in [0.15, 0.2) is 60.0 Å². The van der Waals surface area contributed by atoms with E-state index in [1.165, 1.54) is 11.3 Å². The first-order valence-corrected chi connectivity index (χ1v) is 10.6. The highest BCUT2D eigenvalue weighted by atomic mass is 35.5. The summed E-state index contributed by atoms with van der Waals surface area (Å²) in [6.07, 6.45) is 0.205. The summed E-state index contributed by atoms with van der Waals surface area (Å²) in [6.45, 7) is 3.14. The van der Waals surface area contributed by atoms with E-state index in [9.17, 15) is 15.0 Å². The molecule has 0 radical (unpaired) electrons. The molecule has 29 heavy (non-hydrogen) atoms. The molecule has 0 saturated carbocycles. The van der Waals surface area contributed by atoms with Gasteiger partial charge < -0.3 is 15.2 Å². The van der Waals surface area contributed by atoms with Crippen LogP contribution in [-0.4, -0.2) is 29.3 Å². The minimum absolute atomic E-state index is 0.304. The molecule has 152 valence electrons. The Hall–Kier alpha value is -2.38. The molecule has 7 heteroatoms. The number of anilines is 1. The van der Waals surface area contributed by atoms with Gasteiger partial charge in [-0.15, -0.1) is 11.3 Å². The molecule has 0 bridgehead atoms. The molecule has 2 aromatic carbocycles. The van der Waals surface area contributed by atoms with Crippen molar-refractivity contribution in [2.24, 2.45) is 0 Å². The van der Waals surface area contributed by atoms with Crippen LogP contribution in [0.25, 0.3) is 10.4 Å². The summed E-state index contributed by atoms with van der Waals surface area (Å²) in [4.78, 5) is 12.2. The largest absolute Gasteiger partial charge is 0.478 e. The van der Waals surface area contributed by atoms with Gasteiger partial charge in [-0.25, -0.2) is 10.2 Å². The lowest BCUT2D eigenvalue weighted by atomic mass is 10.1. The third-order valence-electron chi connectivity index (χ3n) is 4.47. The third-order valence-corrected chi connectivity index (χ3v) is 5.67. The predicted molar refractivity (Wildman–Crippen MR) is 119 cm³/mol. The maximum Gasteiger partial charge on any atom is 0.337 e. The van der Waals surface area contributed by atoms with E-state index in [0.717, 1.165) is 34.7 Å². The van der Waals surface area contributed by atoms with Gasteiger partial charge in [0.2, 0.25) is 0 Å². The molecule has 3 N–H and O–H groups in total. The van der Waals surface area contributed by atoms with Crippen molar-refractivity contribution in [3.05, 3.63) is 76.1 Å². The van der Waals surface area contributed by atoms with E-state index in [4.69, 9.17) is 11.6 Å². The summed E-state index contributed by atoms with van der Waals surface area (Å²) >= 11 is 7.43. The van der Waals surface area contributed by atoms with Crippen LogP contribution in [0.5, 0.6) is 0 Å². The van der Waals surface area contributed by atoms with Crippen molar-refractivity contribution >= 4 is 34.6 Å². The summed E-state index contributed by atoms with van der Waals surface area (Å²) in [5.74, 6) is -0.931. The zero-order valence-electron chi connectivity index (χ0n) is 16.0. The Morgan fingerprint density at radius 1 is 1.21 bits per heavy atom. The molecule has 0 amide bonds. The van der Waals surface area contributed by atoms with E-state index in [1.807, 2.05) is 41.4 Å². The molecule has 0 unspecified atom stereocenters. The molecular weight excluding hydrogens is 408 g/mol. The number of carbonyl (C=O) groups is 1. The van der Waals surface area contributed by atoms with Gasteiger partial charge in [-0.1, -0.05) is 42.8 Å². The molecule has 0 saturated heterocycles. The Morgan fingerprint density at radius 3 is 2.72 bits per heavy atom. The van der Waals surface area contributed by atoms with E-state index in [2.05, 4.69) is 12.3 Å². The highest BCUT2D eigenvalue weighted by molar-refractivity contribution is 7.14. The van der Waals surface area contributed by atoms with E-state index < -0.39 is 12.1 Å². The Labute approximate surface area is 179 Å². The average Bonchev–Trinajstić information content (AvgIpc) is 3.21. The summed E-state index contributed by atoms with van der Waals surface area (Å²) in [5, 5.41) is 24.3. The van der Waals surface area contributed by atoms with Gasteiger partial charge in [0.05, 0.1) is 17.4 Å². The third kappa shape index (κ3) is 5.36. The lowest BCUT2D eigenvalue weighted by molar-refractivity contribution is 0.0698. The van der Waals surface area contributed by atoms with Crippen molar-refractivity contribution in [2.45, 2.75) is 19.4 Å². The Kier molecular flexibility index (Phi) is 7.28. The number of nitrogens with one attached hydrogen (secondary N) is 1. The number of thiophene rings is 1. The van der Waals surface area contributed by atoms with Crippen LogP contribution >= 0.6 is 22.9 Å². The van der Waals surface area contributed by atoms with Gasteiger partial charge in [-0.3, -0.25) is 0 Å². The van der Waals surface area contributed by atoms with Crippen LogP contribution in [0.3, 0.4) is 0 Å². The number of nitrogens with zero attached hydrogens (tertiary/aromatic N) is 1. The summed E-state index contributed by atoms with van der Waals surface area (Å²) in [7, 11) is 0. The Balaban J connectivity index is 1.78. The molecule has 0 aliphatic heterocycles. The highest BCUT2D eigenvalue weighted by Gasteiger charge is 2.15. The first kappa shape index (κ1) is 21.3. The molecular formula is C22H23ClN2O3S. The summed E-state index contributed by atoms with van der Waals surface area (Å²) in [6, 6.07) is 16.6. The number of hydrazine groups is 1. The molecule has 0 aliphatic carbocycles. The van der Waals surface area contributed by atoms with Gasteiger partial charge >= 0.3 is 5.97 Å². The molecule has 1 atom stereocenters. The number of hydrogen-bond acceptors (Lipinski definition) is 5. The van der Waals surface area contributed by atoms with Gasteiger partial charge in [0.25, 0.3) is 0 Å². The Morgan fingerprint density at radius 2 is 2.00 bits per heavy atom. The molecule has 0 spiro atoms. The number of benzene rings is 2. The van der Waals surface area contributed by atoms with E-state index >= 15 is 0 Å². The fourth-order valence-corrected chi connectivity index (χ4v) is 4.15. The van der Waals surface area contributed by atoms with Crippen LogP contribution in [0, 0.1) is 0 Å². The SMILES string of the molecule is CCCN(NC[C@H](O)c1cccc(Cl)c1)c1cccc(-c2sccc2C(=O)O)c1. The topological polar surface area (TPSA) is 72.8 Å². The smallest absolute Gasteiger partial charge is 0.337 e. The van der Waals surface area contributed by atoms with Crippen molar-refractivity contribution in [1.82, 2.24) is 5.43 Å². The van der Waals surface area contributed by atoms with E-state index in [0.29, 0.717) is 17.1 Å². The zero-order chi connectivity index (χ0) is 20.8. The lowest BCUT2D eigenvalue weighted by Gasteiger charge is -2.27. The normalized spacial score (nSPS) is 12.0. The van der Waals surface area contributed by atoms with Crippen LogP contribution in [0.1, 0.15) is 35.4 Å². The molecule has 5 nitrogen and oxygen atoms in total. The second-order valence-electron chi connectivity index (χ2n) is 6.60. The quantitative estimate of drug-likeness (QED) is 0.406. The van der Waals surface area contributed by atoms with Crippen LogP contribution in [0.2, 0.25) is 5.02 Å². The number of carboxylic acids is 1. The molecule has 1 aromatic heterocycles. The first-order valence-electron chi connectivity index (χ1n) is 9.35. The number of hydrogen-bond donors (Lipinski definition) is 3. The minimum atomic E-state index is -0.931. The van der Waals surface area contributed by atoms with Crippen molar-refractivity contribution in [1.29, 1.82) is 0 Å². The highest BCUT2D eigenvalue weighted by Crippen LogP contribution is 2.32. The number of aliphatic hydroxyl groups excluding tert-OH is 1. The van der Waals surface area contributed by atoms with Crippen molar-refractivity contribution in [2.75, 3.05) is 18.1 Å². The number of aromatic carboxylic acids is 1. The fourth-order valence-electron chi connectivity index (χ4n) is 3.07. The second-order valence-corrected chi connectivity index (χ2v) is 7.96. The van der Waals surface area contributed by atoms with E-state index in [-0.39, 0.29) is 0 Å². The predicted octanol–water partition coefficient (Wildman–Crippen LogP) is 5.22. The maximum atomic E-state index is 11.5. The number of aliphatic hydroxyl groups is 1. The lowest BCUT2D eigenvalue weighted by Crippen LogP contribution is -2.41. The monoisotopic (exact) mass is 430 g/mol.